The van der Waals surface area contributed by atoms with Crippen LogP contribution in [0.5, 0.6) is 5.75 Å². The zero-order chi connectivity index (χ0) is 17.9. The minimum absolute atomic E-state index is 0.0507. The molecule has 0 aromatic heterocycles. The number of hydrogen-bond donors (Lipinski definition) is 0. The van der Waals surface area contributed by atoms with Gasteiger partial charge in [0, 0.05) is 32.1 Å². The second-order valence-corrected chi connectivity index (χ2v) is 8.32. The van der Waals surface area contributed by atoms with Gasteiger partial charge in [-0.15, -0.1) is 0 Å². The summed E-state index contributed by atoms with van der Waals surface area (Å²) in [5.74, 6) is 0.830. The molecule has 0 radical (unpaired) electrons. The van der Waals surface area contributed by atoms with Gasteiger partial charge >= 0.3 is 0 Å². The molecule has 3 rings (SSSR count). The first-order valence-corrected chi connectivity index (χ1v) is 10.0. The van der Waals surface area contributed by atoms with Crippen molar-refractivity contribution in [3.8, 4) is 5.75 Å². The van der Waals surface area contributed by atoms with Gasteiger partial charge in [0.05, 0.1) is 12.0 Å². The summed E-state index contributed by atoms with van der Waals surface area (Å²) in [6.07, 6.45) is 6.81. The molecular formula is C18H24N2O4S. The number of piperazine rings is 1. The molecule has 1 aromatic carbocycles. The molecule has 1 fully saturated rings. The van der Waals surface area contributed by atoms with Crippen molar-refractivity contribution in [3.63, 3.8) is 0 Å². The third-order valence-electron chi connectivity index (χ3n) is 4.87. The molecule has 1 aliphatic heterocycles. The molecule has 1 amide bonds. The van der Waals surface area contributed by atoms with E-state index in [-0.39, 0.29) is 16.7 Å². The van der Waals surface area contributed by atoms with Crippen LogP contribution < -0.4 is 4.74 Å². The standard InChI is InChI=1S/C18H24N2O4S/c1-24-16-7-9-17(10-8-16)25(22,23)20-13-11-19(12-14-20)18(21)15-5-3-2-4-6-15/h2-3,7-10,15H,4-6,11-14H2,1H3/t15-/m1/s1. The van der Waals surface area contributed by atoms with E-state index in [2.05, 4.69) is 12.2 Å². The molecule has 136 valence electrons. The van der Waals surface area contributed by atoms with Gasteiger partial charge in [-0.05, 0) is 43.5 Å². The number of carbonyl (C=O) groups excluding carboxylic acids is 1. The predicted octanol–water partition coefficient (Wildman–Crippen LogP) is 1.88. The predicted molar refractivity (Wildman–Crippen MR) is 94.8 cm³/mol. The molecule has 0 N–H and O–H groups in total. The van der Waals surface area contributed by atoms with Gasteiger partial charge < -0.3 is 9.64 Å². The second-order valence-electron chi connectivity index (χ2n) is 6.39. The fourth-order valence-electron chi connectivity index (χ4n) is 3.32. The molecule has 2 aliphatic rings. The molecule has 0 unspecified atom stereocenters. The van der Waals surface area contributed by atoms with Gasteiger partial charge in [0.25, 0.3) is 0 Å². The van der Waals surface area contributed by atoms with E-state index in [0.717, 1.165) is 19.3 Å². The third kappa shape index (κ3) is 3.88. The summed E-state index contributed by atoms with van der Waals surface area (Å²) < 4.78 is 32.0. The van der Waals surface area contributed by atoms with Crippen molar-refractivity contribution in [2.45, 2.75) is 24.2 Å². The summed E-state index contributed by atoms with van der Waals surface area (Å²) in [7, 11) is -1.99. The van der Waals surface area contributed by atoms with Gasteiger partial charge in [0.15, 0.2) is 0 Å². The van der Waals surface area contributed by atoms with Crippen molar-refractivity contribution in [1.29, 1.82) is 0 Å². The lowest BCUT2D eigenvalue weighted by molar-refractivity contribution is -0.137. The molecule has 1 aromatic rings. The number of hydrogen-bond acceptors (Lipinski definition) is 4. The molecule has 7 heteroatoms. The lowest BCUT2D eigenvalue weighted by atomic mass is 9.93. The lowest BCUT2D eigenvalue weighted by Crippen LogP contribution is -2.51. The Bertz CT molecular complexity index is 735. The maximum Gasteiger partial charge on any atom is 0.243 e. The third-order valence-corrected chi connectivity index (χ3v) is 6.78. The van der Waals surface area contributed by atoms with E-state index >= 15 is 0 Å². The Morgan fingerprint density at radius 3 is 2.32 bits per heavy atom. The highest BCUT2D eigenvalue weighted by Crippen LogP contribution is 2.24. The van der Waals surface area contributed by atoms with Gasteiger partial charge in [-0.25, -0.2) is 8.42 Å². The van der Waals surface area contributed by atoms with E-state index in [9.17, 15) is 13.2 Å². The Labute approximate surface area is 149 Å². The Morgan fingerprint density at radius 2 is 1.76 bits per heavy atom. The van der Waals surface area contributed by atoms with Gasteiger partial charge in [-0.2, -0.15) is 4.31 Å². The van der Waals surface area contributed by atoms with Crippen molar-refractivity contribution in [2.24, 2.45) is 5.92 Å². The van der Waals surface area contributed by atoms with E-state index < -0.39 is 10.0 Å². The highest BCUT2D eigenvalue weighted by Gasteiger charge is 2.32. The topological polar surface area (TPSA) is 66.9 Å². The Morgan fingerprint density at radius 1 is 1.08 bits per heavy atom. The second kappa shape index (κ2) is 7.58. The molecule has 1 aliphatic carbocycles. The van der Waals surface area contributed by atoms with Crippen LogP contribution in [0.3, 0.4) is 0 Å². The van der Waals surface area contributed by atoms with Crippen LogP contribution in [-0.2, 0) is 14.8 Å². The monoisotopic (exact) mass is 364 g/mol. The molecule has 0 bridgehead atoms. The van der Waals surface area contributed by atoms with Crippen LogP contribution in [0, 0.1) is 5.92 Å². The first-order valence-electron chi connectivity index (χ1n) is 8.60. The van der Waals surface area contributed by atoms with E-state index in [1.807, 2.05) is 4.90 Å². The van der Waals surface area contributed by atoms with Crippen LogP contribution in [0.4, 0.5) is 0 Å². The molecule has 25 heavy (non-hydrogen) atoms. The Kier molecular flexibility index (Phi) is 5.44. The minimum atomic E-state index is -3.53. The SMILES string of the molecule is COc1ccc(S(=O)(=O)N2CCN(C(=O)[C@@H]3CC=CCC3)CC2)cc1. The molecule has 1 saturated heterocycles. The molecule has 1 atom stereocenters. The summed E-state index contributed by atoms with van der Waals surface area (Å²) in [5.41, 5.74) is 0. The number of sulfonamides is 1. The smallest absolute Gasteiger partial charge is 0.243 e. The first-order chi connectivity index (χ1) is 12.0. The number of allylic oxidation sites excluding steroid dienone is 2. The van der Waals surface area contributed by atoms with Crippen molar-refractivity contribution < 1.29 is 17.9 Å². The lowest BCUT2D eigenvalue weighted by Gasteiger charge is -2.36. The minimum Gasteiger partial charge on any atom is -0.497 e. The average molecular weight is 364 g/mol. The maximum absolute atomic E-state index is 12.7. The first kappa shape index (κ1) is 17.9. The molecular weight excluding hydrogens is 340 g/mol. The number of ether oxygens (including phenoxy) is 1. The van der Waals surface area contributed by atoms with E-state index in [1.54, 1.807) is 31.4 Å². The fourth-order valence-corrected chi connectivity index (χ4v) is 4.74. The summed E-state index contributed by atoms with van der Waals surface area (Å²) in [6, 6.07) is 6.40. The molecule has 0 spiro atoms. The zero-order valence-electron chi connectivity index (χ0n) is 14.4. The van der Waals surface area contributed by atoms with Crippen LogP contribution in [0.1, 0.15) is 19.3 Å². The summed E-state index contributed by atoms with van der Waals surface area (Å²) >= 11 is 0. The number of benzene rings is 1. The largest absolute Gasteiger partial charge is 0.497 e. The molecule has 1 heterocycles. The highest BCUT2D eigenvalue weighted by molar-refractivity contribution is 7.89. The van der Waals surface area contributed by atoms with Crippen molar-refractivity contribution in [2.75, 3.05) is 33.3 Å². The van der Waals surface area contributed by atoms with E-state index in [4.69, 9.17) is 4.74 Å². The maximum atomic E-state index is 12.7. The van der Waals surface area contributed by atoms with Crippen molar-refractivity contribution >= 4 is 15.9 Å². The molecule has 6 nitrogen and oxygen atoms in total. The van der Waals surface area contributed by atoms with Crippen LogP contribution in [0.15, 0.2) is 41.3 Å². The fraction of sp³-hybridized carbons (Fsp3) is 0.500. The number of carbonyl (C=O) groups is 1. The van der Waals surface area contributed by atoms with Gasteiger partial charge in [-0.3, -0.25) is 4.79 Å². The number of methoxy groups -OCH3 is 1. The van der Waals surface area contributed by atoms with Crippen molar-refractivity contribution in [3.05, 3.63) is 36.4 Å². The van der Waals surface area contributed by atoms with Crippen LogP contribution in [0.25, 0.3) is 0 Å². The van der Waals surface area contributed by atoms with E-state index in [1.165, 1.54) is 4.31 Å². The van der Waals surface area contributed by atoms with Crippen LogP contribution >= 0.6 is 0 Å². The van der Waals surface area contributed by atoms with Crippen LogP contribution in [0.2, 0.25) is 0 Å². The van der Waals surface area contributed by atoms with Crippen LogP contribution in [-0.4, -0.2) is 56.8 Å². The number of nitrogens with zero attached hydrogens (tertiary/aromatic N) is 2. The Hall–Kier alpha value is -1.86. The number of rotatable bonds is 4. The summed E-state index contributed by atoms with van der Waals surface area (Å²) in [6.45, 7) is 1.58. The quantitative estimate of drug-likeness (QED) is 0.765. The van der Waals surface area contributed by atoms with Gasteiger partial charge in [0.1, 0.15) is 5.75 Å². The number of amides is 1. The zero-order valence-corrected chi connectivity index (χ0v) is 15.2. The normalized spacial score (nSPS) is 22.0. The van der Waals surface area contributed by atoms with Gasteiger partial charge in [-0.1, -0.05) is 12.2 Å². The van der Waals surface area contributed by atoms with E-state index in [0.29, 0.717) is 31.9 Å². The summed E-state index contributed by atoms with van der Waals surface area (Å²) in [4.78, 5) is 14.6. The van der Waals surface area contributed by atoms with Gasteiger partial charge in [0.2, 0.25) is 15.9 Å². The molecule has 0 saturated carbocycles. The Balaban J connectivity index is 1.62. The average Bonchev–Trinajstić information content (AvgIpc) is 2.68. The highest BCUT2D eigenvalue weighted by atomic mass is 32.2. The van der Waals surface area contributed by atoms with Crippen molar-refractivity contribution in [1.82, 2.24) is 9.21 Å². The summed E-state index contributed by atoms with van der Waals surface area (Å²) in [5, 5.41) is 0.